The van der Waals surface area contributed by atoms with Gasteiger partial charge < -0.3 is 14.8 Å². The molecule has 0 unspecified atom stereocenters. The summed E-state index contributed by atoms with van der Waals surface area (Å²) in [5.41, 5.74) is 2.01. The van der Waals surface area contributed by atoms with Crippen molar-refractivity contribution in [1.82, 2.24) is 39.6 Å². The smallest absolute Gasteiger partial charge is 0.227 e. The molecule has 2 aliphatic heterocycles. The molecule has 7 rings (SSSR count). The molecule has 0 radical (unpaired) electrons. The molecule has 1 N–H and O–H groups in total. The Kier molecular flexibility index (Phi) is 5.00. The van der Waals surface area contributed by atoms with Crippen molar-refractivity contribution in [2.45, 2.75) is 44.1 Å². The molecule has 3 fully saturated rings. The van der Waals surface area contributed by atoms with Gasteiger partial charge >= 0.3 is 0 Å². The number of nitrogens with zero attached hydrogens (tertiary/aromatic N) is 8. The fourth-order valence-corrected chi connectivity index (χ4v) is 5.67. The molecule has 4 aromatic heterocycles. The van der Waals surface area contributed by atoms with Gasteiger partial charge in [0.15, 0.2) is 17.3 Å². The van der Waals surface area contributed by atoms with E-state index >= 15 is 0 Å². The summed E-state index contributed by atoms with van der Waals surface area (Å²) in [6.45, 7) is 3.44. The molecule has 6 heterocycles. The van der Waals surface area contributed by atoms with Gasteiger partial charge in [0.1, 0.15) is 17.1 Å². The third-order valence-electron chi connectivity index (χ3n) is 7.82. The molecule has 4 aromatic rings. The molecule has 36 heavy (non-hydrogen) atoms. The Labute approximate surface area is 208 Å². The van der Waals surface area contributed by atoms with E-state index in [1.54, 1.807) is 12.4 Å². The van der Waals surface area contributed by atoms with Crippen LogP contribution in [0.1, 0.15) is 44.3 Å². The molecule has 1 saturated carbocycles. The largest absolute Gasteiger partial charge is 0.356 e. The Morgan fingerprint density at radius 3 is 2.69 bits per heavy atom. The first-order valence-electron chi connectivity index (χ1n) is 12.9. The normalized spacial score (nSPS) is 21.3. The Balaban J connectivity index is 1.14. The van der Waals surface area contributed by atoms with Gasteiger partial charge in [0.2, 0.25) is 5.91 Å². The number of H-pyrrole nitrogens is 1. The van der Waals surface area contributed by atoms with E-state index in [4.69, 9.17) is 15.0 Å². The maximum Gasteiger partial charge on any atom is 0.227 e. The molecule has 0 aromatic carbocycles. The fraction of sp³-hybridized carbons (Fsp3) is 0.462. The van der Waals surface area contributed by atoms with Crippen LogP contribution in [0.4, 0.5) is 5.82 Å². The molecule has 3 aliphatic rings. The number of hydrogen-bond donors (Lipinski definition) is 1. The van der Waals surface area contributed by atoms with Crippen molar-refractivity contribution in [2.75, 3.05) is 31.1 Å². The van der Waals surface area contributed by atoms with Crippen molar-refractivity contribution in [2.24, 2.45) is 5.92 Å². The van der Waals surface area contributed by atoms with Crippen LogP contribution in [0.5, 0.6) is 0 Å². The lowest BCUT2D eigenvalue weighted by molar-refractivity contribution is -0.134. The number of imidazole rings is 1. The summed E-state index contributed by atoms with van der Waals surface area (Å²) in [6.07, 6.45) is 11.7. The predicted molar refractivity (Wildman–Crippen MR) is 134 cm³/mol. The molecular formula is C26H29N9O. The molecule has 184 valence electrons. The number of hydrogen-bond acceptors (Lipinski definition) is 7. The zero-order chi connectivity index (χ0) is 24.1. The Morgan fingerprint density at radius 1 is 1.00 bits per heavy atom. The first-order chi connectivity index (χ1) is 17.7. The van der Waals surface area contributed by atoms with Crippen LogP contribution < -0.4 is 4.90 Å². The Morgan fingerprint density at radius 2 is 1.89 bits per heavy atom. The molecule has 10 nitrogen and oxygen atoms in total. The maximum atomic E-state index is 13.0. The van der Waals surface area contributed by atoms with Gasteiger partial charge in [0, 0.05) is 44.8 Å². The van der Waals surface area contributed by atoms with E-state index in [0.717, 1.165) is 87.6 Å². The van der Waals surface area contributed by atoms with Crippen molar-refractivity contribution < 1.29 is 4.79 Å². The summed E-state index contributed by atoms with van der Waals surface area (Å²) >= 11 is 0. The summed E-state index contributed by atoms with van der Waals surface area (Å²) < 4.78 is 1.96. The highest BCUT2D eigenvalue weighted by atomic mass is 16.2. The third kappa shape index (κ3) is 3.63. The number of likely N-dealkylation sites (tertiary alicyclic amines) is 1. The van der Waals surface area contributed by atoms with Crippen LogP contribution in [0.3, 0.4) is 0 Å². The Hall–Kier alpha value is -3.82. The fourth-order valence-electron chi connectivity index (χ4n) is 5.67. The van der Waals surface area contributed by atoms with E-state index in [0.29, 0.717) is 17.4 Å². The molecular weight excluding hydrogens is 454 g/mol. The average Bonchev–Trinajstić information content (AvgIpc) is 3.36. The summed E-state index contributed by atoms with van der Waals surface area (Å²) in [5, 5.41) is 4.43. The van der Waals surface area contributed by atoms with Crippen molar-refractivity contribution in [1.29, 1.82) is 0 Å². The second-order valence-electron chi connectivity index (χ2n) is 10.2. The number of piperidine rings is 1. The zero-order valence-electron chi connectivity index (χ0n) is 20.2. The van der Waals surface area contributed by atoms with Crippen LogP contribution in [0.2, 0.25) is 0 Å². The van der Waals surface area contributed by atoms with E-state index in [1.807, 2.05) is 40.0 Å². The number of rotatable bonds is 5. The third-order valence-corrected chi connectivity index (χ3v) is 7.82. The van der Waals surface area contributed by atoms with E-state index in [-0.39, 0.29) is 11.5 Å². The van der Waals surface area contributed by atoms with Gasteiger partial charge in [-0.2, -0.15) is 5.10 Å². The number of anilines is 1. The van der Waals surface area contributed by atoms with Crippen LogP contribution >= 0.6 is 0 Å². The molecule has 0 bridgehead atoms. The highest BCUT2D eigenvalue weighted by molar-refractivity contribution is 5.80. The van der Waals surface area contributed by atoms with Crippen LogP contribution in [0.25, 0.3) is 22.7 Å². The summed E-state index contributed by atoms with van der Waals surface area (Å²) in [4.78, 5) is 39.7. The van der Waals surface area contributed by atoms with Crippen molar-refractivity contribution >= 4 is 22.9 Å². The molecule has 1 amide bonds. The second-order valence-corrected chi connectivity index (χ2v) is 10.2. The number of pyridine rings is 1. The standard InChI is InChI=1S/C26H29N9O/c36-24(33-13-1-2-14-33)18-5-3-15-34(17-18)21-7-6-19-23(31-21)32-22(29-19)20-8-12-27-25(30-20)26(9-10-26)35-16-4-11-28-35/h4,6-8,11-12,16,18H,1-3,5,9-10,13-15,17H2,(H,29,31,32)/t18-/m1/s1. The van der Waals surface area contributed by atoms with Gasteiger partial charge in [-0.1, -0.05) is 0 Å². The molecule has 1 aliphatic carbocycles. The molecule has 0 spiro atoms. The maximum absolute atomic E-state index is 13.0. The zero-order valence-corrected chi connectivity index (χ0v) is 20.2. The van der Waals surface area contributed by atoms with Crippen LogP contribution in [0, 0.1) is 5.92 Å². The van der Waals surface area contributed by atoms with Crippen molar-refractivity contribution in [3.8, 4) is 11.5 Å². The predicted octanol–water partition coefficient (Wildman–Crippen LogP) is 2.99. The second kappa shape index (κ2) is 8.39. The van der Waals surface area contributed by atoms with Gasteiger partial charge in [0.05, 0.1) is 11.4 Å². The van der Waals surface area contributed by atoms with Crippen LogP contribution in [-0.2, 0) is 10.3 Å². The van der Waals surface area contributed by atoms with E-state index in [1.165, 1.54) is 0 Å². The topological polar surface area (TPSA) is 109 Å². The summed E-state index contributed by atoms with van der Waals surface area (Å²) in [7, 11) is 0. The lowest BCUT2D eigenvalue weighted by Crippen LogP contribution is -2.44. The quantitative estimate of drug-likeness (QED) is 0.465. The minimum atomic E-state index is -0.256. The van der Waals surface area contributed by atoms with E-state index in [9.17, 15) is 4.79 Å². The number of fused-ring (bicyclic) bond motifs is 1. The van der Waals surface area contributed by atoms with Gasteiger partial charge in [-0.3, -0.25) is 9.48 Å². The minimum absolute atomic E-state index is 0.0491. The first-order valence-corrected chi connectivity index (χ1v) is 12.9. The summed E-state index contributed by atoms with van der Waals surface area (Å²) in [6, 6.07) is 7.85. The summed E-state index contributed by atoms with van der Waals surface area (Å²) in [5.74, 6) is 2.67. The number of amides is 1. The highest BCUT2D eigenvalue weighted by Gasteiger charge is 2.50. The number of nitrogens with one attached hydrogen (secondary N) is 1. The number of carbonyl (C=O) groups excluding carboxylic acids is 1. The van der Waals surface area contributed by atoms with Gasteiger partial charge in [-0.15, -0.1) is 0 Å². The average molecular weight is 484 g/mol. The number of aromatic nitrogens is 7. The van der Waals surface area contributed by atoms with E-state index < -0.39 is 0 Å². The molecule has 1 atom stereocenters. The highest BCUT2D eigenvalue weighted by Crippen LogP contribution is 2.47. The van der Waals surface area contributed by atoms with Gasteiger partial charge in [-0.05, 0) is 62.8 Å². The van der Waals surface area contributed by atoms with Gasteiger partial charge in [-0.25, -0.2) is 19.9 Å². The number of aromatic amines is 1. The molecule has 2 saturated heterocycles. The monoisotopic (exact) mass is 483 g/mol. The molecule has 10 heteroatoms. The van der Waals surface area contributed by atoms with Crippen molar-refractivity contribution in [3.05, 3.63) is 48.7 Å². The SMILES string of the molecule is O=C([C@@H]1CCCN(c2ccc3[nH]c(-c4ccnc(C5(n6cccn6)CC5)n4)nc3n2)C1)N1CCCC1. The van der Waals surface area contributed by atoms with E-state index in [2.05, 4.69) is 20.0 Å². The minimum Gasteiger partial charge on any atom is -0.356 e. The van der Waals surface area contributed by atoms with Crippen molar-refractivity contribution in [3.63, 3.8) is 0 Å². The lowest BCUT2D eigenvalue weighted by atomic mass is 9.96. The first kappa shape index (κ1) is 21.5. The van der Waals surface area contributed by atoms with Gasteiger partial charge in [0.25, 0.3) is 0 Å². The lowest BCUT2D eigenvalue weighted by Gasteiger charge is -2.34. The Bertz CT molecular complexity index is 1400. The number of carbonyl (C=O) groups is 1. The van der Waals surface area contributed by atoms with Crippen LogP contribution in [0.15, 0.2) is 42.9 Å². The van der Waals surface area contributed by atoms with Crippen LogP contribution in [-0.4, -0.2) is 71.7 Å².